The van der Waals surface area contributed by atoms with Crippen LogP contribution in [0.3, 0.4) is 0 Å². The highest BCUT2D eigenvalue weighted by Gasteiger charge is 2.33. The number of nitrogens with zero attached hydrogens (tertiary/aromatic N) is 2. The highest BCUT2D eigenvalue weighted by molar-refractivity contribution is 7.17. The second kappa shape index (κ2) is 8.47. The lowest BCUT2D eigenvalue weighted by atomic mass is 10.2. The molecule has 7 nitrogen and oxygen atoms in total. The summed E-state index contributed by atoms with van der Waals surface area (Å²) in [6.45, 7) is 2.03. The van der Waals surface area contributed by atoms with Gasteiger partial charge in [-0.05, 0) is 44.0 Å². The van der Waals surface area contributed by atoms with Crippen LogP contribution in [0.4, 0.5) is 4.39 Å². The van der Waals surface area contributed by atoms with Crippen molar-refractivity contribution in [2.24, 2.45) is 0 Å². The summed E-state index contributed by atoms with van der Waals surface area (Å²) in [5.41, 5.74) is 1.26. The number of amides is 3. The molecule has 1 saturated heterocycles. The van der Waals surface area contributed by atoms with Gasteiger partial charge < -0.3 is 15.5 Å². The van der Waals surface area contributed by atoms with Gasteiger partial charge in [0.25, 0.3) is 5.91 Å². The number of rotatable bonds is 5. The number of carbonyl (C=O) groups is 3. The third-order valence-corrected chi connectivity index (χ3v) is 5.82. The van der Waals surface area contributed by atoms with Crippen LogP contribution in [-0.4, -0.2) is 53.8 Å². The van der Waals surface area contributed by atoms with Gasteiger partial charge in [0.1, 0.15) is 21.7 Å². The molecule has 0 saturated carbocycles. The number of halogens is 1. The highest BCUT2D eigenvalue weighted by atomic mass is 32.1. The third kappa shape index (κ3) is 4.19. The van der Waals surface area contributed by atoms with Crippen LogP contribution in [0.2, 0.25) is 0 Å². The predicted octanol–water partition coefficient (Wildman–Crippen LogP) is 1.72. The van der Waals surface area contributed by atoms with Gasteiger partial charge in [0.2, 0.25) is 11.8 Å². The summed E-state index contributed by atoms with van der Waals surface area (Å²) < 4.78 is 13.1. The van der Waals surface area contributed by atoms with E-state index in [1.165, 1.54) is 35.4 Å². The van der Waals surface area contributed by atoms with Crippen molar-refractivity contribution >= 4 is 29.1 Å². The number of hydrogen-bond acceptors (Lipinski definition) is 5. The van der Waals surface area contributed by atoms with Crippen molar-refractivity contribution in [1.82, 2.24) is 20.5 Å². The van der Waals surface area contributed by atoms with Crippen LogP contribution < -0.4 is 10.6 Å². The van der Waals surface area contributed by atoms with Crippen molar-refractivity contribution in [3.8, 4) is 10.6 Å². The van der Waals surface area contributed by atoms with Crippen LogP contribution in [-0.2, 0) is 9.59 Å². The van der Waals surface area contributed by atoms with E-state index in [9.17, 15) is 18.8 Å². The van der Waals surface area contributed by atoms with Crippen molar-refractivity contribution in [3.05, 3.63) is 40.7 Å². The van der Waals surface area contributed by atoms with Gasteiger partial charge in [-0.25, -0.2) is 9.37 Å². The topological polar surface area (TPSA) is 91.4 Å². The molecule has 9 heteroatoms. The molecule has 1 atom stereocenters. The van der Waals surface area contributed by atoms with Crippen LogP contribution in [0.1, 0.15) is 28.2 Å². The Balaban J connectivity index is 1.64. The molecule has 3 amide bonds. The molecule has 1 fully saturated rings. The van der Waals surface area contributed by atoms with E-state index in [1.54, 1.807) is 19.1 Å². The van der Waals surface area contributed by atoms with Gasteiger partial charge in [0.15, 0.2) is 0 Å². The van der Waals surface area contributed by atoms with Crippen molar-refractivity contribution in [2.45, 2.75) is 25.8 Å². The lowest BCUT2D eigenvalue weighted by Gasteiger charge is -2.23. The first kappa shape index (κ1) is 19.9. The Labute approximate surface area is 166 Å². The summed E-state index contributed by atoms with van der Waals surface area (Å²) in [6, 6.07) is 5.40. The number of hydrogen-bond donors (Lipinski definition) is 2. The maximum absolute atomic E-state index is 13.1. The molecule has 0 bridgehead atoms. The first-order valence-electron chi connectivity index (χ1n) is 8.93. The van der Waals surface area contributed by atoms with Crippen LogP contribution in [0, 0.1) is 12.7 Å². The number of carbonyl (C=O) groups excluding carboxylic acids is 3. The Morgan fingerprint density at radius 1 is 1.29 bits per heavy atom. The summed E-state index contributed by atoms with van der Waals surface area (Å²) in [5.74, 6) is -1.22. The number of nitrogens with one attached hydrogen (secondary N) is 2. The lowest BCUT2D eigenvalue weighted by molar-refractivity contribution is -0.137. The number of likely N-dealkylation sites (N-methyl/N-ethyl adjacent to an activating group) is 1. The standard InChI is InChI=1S/C19H21FN4O3S/c1-11-16(28-19(23-11)12-5-7-13(20)8-6-12)18(27)22-10-15(25)24-9-3-4-14(24)17(26)21-2/h5-8,14H,3-4,9-10H2,1-2H3,(H,21,26)(H,22,27). The first-order valence-corrected chi connectivity index (χ1v) is 9.75. The summed E-state index contributed by atoms with van der Waals surface area (Å²) >= 11 is 1.18. The number of benzene rings is 1. The molecule has 2 heterocycles. The molecule has 0 spiro atoms. The molecule has 148 valence electrons. The zero-order valence-corrected chi connectivity index (χ0v) is 16.4. The van der Waals surface area contributed by atoms with Crippen LogP contribution in [0.25, 0.3) is 10.6 Å². The minimum Gasteiger partial charge on any atom is -0.357 e. The maximum Gasteiger partial charge on any atom is 0.263 e. The summed E-state index contributed by atoms with van der Waals surface area (Å²) in [4.78, 5) is 43.1. The van der Waals surface area contributed by atoms with Gasteiger partial charge in [0.05, 0.1) is 12.2 Å². The molecule has 1 aliphatic rings. The lowest BCUT2D eigenvalue weighted by Crippen LogP contribution is -2.48. The molecule has 28 heavy (non-hydrogen) atoms. The van der Waals surface area contributed by atoms with Crippen LogP contribution in [0.5, 0.6) is 0 Å². The SMILES string of the molecule is CNC(=O)C1CCCN1C(=O)CNC(=O)c1sc(-c2ccc(F)cc2)nc1C. The van der Waals surface area contributed by atoms with Crippen molar-refractivity contribution in [2.75, 3.05) is 20.1 Å². The molecular formula is C19H21FN4O3S. The van der Waals surface area contributed by atoms with E-state index < -0.39 is 11.9 Å². The Kier molecular flexibility index (Phi) is 6.03. The first-order chi connectivity index (χ1) is 13.4. The minimum atomic E-state index is -0.482. The van der Waals surface area contributed by atoms with Gasteiger partial charge in [-0.15, -0.1) is 11.3 Å². The fourth-order valence-electron chi connectivity index (χ4n) is 3.17. The smallest absolute Gasteiger partial charge is 0.263 e. The molecule has 1 aromatic carbocycles. The maximum atomic E-state index is 13.1. The Hall–Kier alpha value is -2.81. The quantitative estimate of drug-likeness (QED) is 0.794. The van der Waals surface area contributed by atoms with Crippen molar-refractivity contribution < 1.29 is 18.8 Å². The molecule has 2 N–H and O–H groups in total. The molecule has 1 aromatic heterocycles. The number of thiazole rings is 1. The molecule has 3 rings (SSSR count). The van der Waals surface area contributed by atoms with E-state index in [0.29, 0.717) is 28.5 Å². The predicted molar refractivity (Wildman–Crippen MR) is 103 cm³/mol. The van der Waals surface area contributed by atoms with Crippen LogP contribution >= 0.6 is 11.3 Å². The molecule has 0 radical (unpaired) electrons. The Morgan fingerprint density at radius 2 is 2.00 bits per heavy atom. The number of likely N-dealkylation sites (tertiary alicyclic amines) is 1. The third-order valence-electron chi connectivity index (χ3n) is 4.62. The van der Waals surface area contributed by atoms with Crippen molar-refractivity contribution in [3.63, 3.8) is 0 Å². The van der Waals surface area contributed by atoms with Gasteiger partial charge in [-0.2, -0.15) is 0 Å². The van der Waals surface area contributed by atoms with E-state index in [0.717, 1.165) is 12.0 Å². The normalized spacial score (nSPS) is 16.1. The van der Waals surface area contributed by atoms with Gasteiger partial charge >= 0.3 is 0 Å². The zero-order chi connectivity index (χ0) is 20.3. The van der Waals surface area contributed by atoms with E-state index in [1.807, 2.05) is 0 Å². The van der Waals surface area contributed by atoms with E-state index >= 15 is 0 Å². The van der Waals surface area contributed by atoms with Gasteiger partial charge in [-0.1, -0.05) is 0 Å². The van der Waals surface area contributed by atoms with Crippen LogP contribution in [0.15, 0.2) is 24.3 Å². The van der Waals surface area contributed by atoms with Crippen molar-refractivity contribution in [1.29, 1.82) is 0 Å². The second-order valence-electron chi connectivity index (χ2n) is 6.48. The number of aryl methyl sites for hydroxylation is 1. The zero-order valence-electron chi connectivity index (χ0n) is 15.6. The molecular weight excluding hydrogens is 383 g/mol. The Bertz CT molecular complexity index is 897. The summed E-state index contributed by atoms with van der Waals surface area (Å²) in [6.07, 6.45) is 1.38. The number of aromatic nitrogens is 1. The van der Waals surface area contributed by atoms with E-state index in [4.69, 9.17) is 0 Å². The van der Waals surface area contributed by atoms with E-state index in [2.05, 4.69) is 15.6 Å². The molecule has 1 aliphatic heterocycles. The fraction of sp³-hybridized carbons (Fsp3) is 0.368. The second-order valence-corrected chi connectivity index (χ2v) is 7.48. The molecule has 2 aromatic rings. The average molecular weight is 404 g/mol. The van der Waals surface area contributed by atoms with E-state index in [-0.39, 0.29) is 24.2 Å². The highest BCUT2D eigenvalue weighted by Crippen LogP contribution is 2.28. The average Bonchev–Trinajstić information content (AvgIpc) is 3.33. The molecule has 1 unspecified atom stereocenters. The van der Waals surface area contributed by atoms with Gasteiger partial charge in [0, 0.05) is 19.2 Å². The van der Waals surface area contributed by atoms with Gasteiger partial charge in [-0.3, -0.25) is 14.4 Å². The monoisotopic (exact) mass is 404 g/mol. The minimum absolute atomic E-state index is 0.185. The Morgan fingerprint density at radius 3 is 2.68 bits per heavy atom. The summed E-state index contributed by atoms with van der Waals surface area (Å²) in [7, 11) is 1.54. The summed E-state index contributed by atoms with van der Waals surface area (Å²) in [5, 5.41) is 5.78. The largest absolute Gasteiger partial charge is 0.357 e. The molecule has 0 aliphatic carbocycles. The fourth-order valence-corrected chi connectivity index (χ4v) is 4.15.